The third-order valence-corrected chi connectivity index (χ3v) is 3.31. The zero-order valence-electron chi connectivity index (χ0n) is 11.0. The predicted octanol–water partition coefficient (Wildman–Crippen LogP) is 1.59. The summed E-state index contributed by atoms with van der Waals surface area (Å²) in [5.74, 6) is 0.912. The molecule has 0 spiro atoms. The van der Waals surface area contributed by atoms with Gasteiger partial charge >= 0.3 is 0 Å². The molecule has 1 fully saturated rings. The van der Waals surface area contributed by atoms with Crippen LogP contribution in [0, 0.1) is 13.8 Å². The van der Waals surface area contributed by atoms with Gasteiger partial charge in [-0.25, -0.2) is 0 Å². The van der Waals surface area contributed by atoms with Gasteiger partial charge in [0.2, 0.25) is 0 Å². The van der Waals surface area contributed by atoms with Gasteiger partial charge < -0.3 is 14.8 Å². The zero-order chi connectivity index (χ0) is 12.5. The number of rotatable bonds is 4. The van der Waals surface area contributed by atoms with E-state index in [0.717, 1.165) is 35.7 Å². The van der Waals surface area contributed by atoms with Gasteiger partial charge in [0.25, 0.3) is 0 Å². The number of hydrogen-bond acceptors (Lipinski definition) is 4. The van der Waals surface area contributed by atoms with Crippen molar-refractivity contribution in [1.29, 1.82) is 0 Å². The minimum atomic E-state index is -0.0355. The Hall–Kier alpha value is -1.13. The van der Waals surface area contributed by atoms with Crippen LogP contribution in [0.1, 0.15) is 23.7 Å². The molecule has 0 saturated carbocycles. The summed E-state index contributed by atoms with van der Waals surface area (Å²) < 4.78 is 11.3. The van der Waals surface area contributed by atoms with E-state index in [2.05, 4.69) is 17.2 Å². The van der Waals surface area contributed by atoms with Crippen LogP contribution in [0.5, 0.6) is 5.75 Å². The summed E-state index contributed by atoms with van der Waals surface area (Å²) in [7, 11) is 1.69. The van der Waals surface area contributed by atoms with E-state index in [1.807, 2.05) is 20.0 Å². The maximum atomic E-state index is 5.89. The zero-order valence-corrected chi connectivity index (χ0v) is 11.0. The molecule has 4 heteroatoms. The molecule has 4 nitrogen and oxygen atoms in total. The Morgan fingerprint density at radius 2 is 2.12 bits per heavy atom. The monoisotopic (exact) mass is 236 g/mol. The van der Waals surface area contributed by atoms with Crippen molar-refractivity contribution < 1.29 is 9.47 Å². The minimum Gasteiger partial charge on any atom is -0.496 e. The lowest BCUT2D eigenvalue weighted by Gasteiger charge is -2.39. The Morgan fingerprint density at radius 1 is 1.41 bits per heavy atom. The highest BCUT2D eigenvalue weighted by Gasteiger charge is 2.32. The van der Waals surface area contributed by atoms with Gasteiger partial charge in [-0.3, -0.25) is 4.98 Å². The van der Waals surface area contributed by atoms with Crippen molar-refractivity contribution in [2.75, 3.05) is 20.2 Å². The molecular weight excluding hydrogens is 216 g/mol. The number of ether oxygens (including phenoxy) is 2. The summed E-state index contributed by atoms with van der Waals surface area (Å²) in [6.07, 6.45) is 1.84. The Morgan fingerprint density at radius 3 is 2.65 bits per heavy atom. The lowest BCUT2D eigenvalue weighted by molar-refractivity contribution is -0.0780. The smallest absolute Gasteiger partial charge is 0.128 e. The summed E-state index contributed by atoms with van der Waals surface area (Å²) in [5.41, 5.74) is 3.06. The maximum absolute atomic E-state index is 5.89. The Bertz CT molecular complexity index is 414. The van der Waals surface area contributed by atoms with Gasteiger partial charge in [-0.2, -0.15) is 0 Å². The van der Waals surface area contributed by atoms with E-state index in [4.69, 9.17) is 9.47 Å². The number of aryl methyl sites for hydroxylation is 1. The highest BCUT2D eigenvalue weighted by Crippen LogP contribution is 2.26. The van der Waals surface area contributed by atoms with Crippen molar-refractivity contribution in [2.45, 2.75) is 33.0 Å². The standard InChI is InChI=1S/C13H20N2O2/c1-9-5-15-11(10(2)12(9)16-4)6-17-13(3)7-14-8-13/h5,14H,6-8H2,1-4H3. The summed E-state index contributed by atoms with van der Waals surface area (Å²) >= 11 is 0. The highest BCUT2D eigenvalue weighted by atomic mass is 16.5. The van der Waals surface area contributed by atoms with E-state index in [1.54, 1.807) is 7.11 Å². The first-order valence-corrected chi connectivity index (χ1v) is 5.89. The molecule has 1 aliphatic rings. The topological polar surface area (TPSA) is 43.4 Å². The van der Waals surface area contributed by atoms with Gasteiger partial charge in [0, 0.05) is 30.4 Å². The molecule has 17 heavy (non-hydrogen) atoms. The van der Waals surface area contributed by atoms with Crippen molar-refractivity contribution in [2.24, 2.45) is 0 Å². The average Bonchev–Trinajstić information content (AvgIpc) is 2.26. The van der Waals surface area contributed by atoms with Gasteiger partial charge in [-0.05, 0) is 20.8 Å². The molecule has 1 aliphatic heterocycles. The molecule has 2 rings (SSSR count). The molecule has 1 saturated heterocycles. The van der Waals surface area contributed by atoms with Crippen LogP contribution in [0.3, 0.4) is 0 Å². The van der Waals surface area contributed by atoms with E-state index >= 15 is 0 Å². The van der Waals surface area contributed by atoms with Gasteiger partial charge in [-0.15, -0.1) is 0 Å². The van der Waals surface area contributed by atoms with E-state index in [0.29, 0.717) is 6.61 Å². The molecule has 94 valence electrons. The predicted molar refractivity (Wildman–Crippen MR) is 66.3 cm³/mol. The Labute approximate surface area is 102 Å². The lowest BCUT2D eigenvalue weighted by Crippen LogP contribution is -2.58. The molecule has 0 aliphatic carbocycles. The molecule has 1 aromatic rings. The normalized spacial score (nSPS) is 17.6. The van der Waals surface area contributed by atoms with E-state index < -0.39 is 0 Å². The van der Waals surface area contributed by atoms with Crippen LogP contribution in [-0.4, -0.2) is 30.8 Å². The van der Waals surface area contributed by atoms with E-state index in [1.165, 1.54) is 0 Å². The minimum absolute atomic E-state index is 0.0355. The number of methoxy groups -OCH3 is 1. The number of nitrogens with zero attached hydrogens (tertiary/aromatic N) is 1. The van der Waals surface area contributed by atoms with Crippen LogP contribution >= 0.6 is 0 Å². The van der Waals surface area contributed by atoms with Crippen LogP contribution in [0.2, 0.25) is 0 Å². The fraction of sp³-hybridized carbons (Fsp3) is 0.615. The molecule has 0 amide bonds. The number of nitrogens with one attached hydrogen (secondary N) is 1. The molecule has 0 atom stereocenters. The first kappa shape index (κ1) is 12.3. The summed E-state index contributed by atoms with van der Waals surface area (Å²) in [6.45, 7) is 8.51. The second-order valence-corrected chi connectivity index (χ2v) is 4.89. The fourth-order valence-electron chi connectivity index (χ4n) is 2.04. The van der Waals surface area contributed by atoms with Crippen molar-refractivity contribution in [3.63, 3.8) is 0 Å². The molecule has 0 radical (unpaired) electrons. The third-order valence-electron chi connectivity index (χ3n) is 3.31. The summed E-state index contributed by atoms with van der Waals surface area (Å²) in [6, 6.07) is 0. The molecular formula is C13H20N2O2. The van der Waals surface area contributed by atoms with Gasteiger partial charge in [0.1, 0.15) is 5.75 Å². The second kappa shape index (κ2) is 4.63. The number of aromatic nitrogens is 1. The van der Waals surface area contributed by atoms with Crippen molar-refractivity contribution >= 4 is 0 Å². The number of hydrogen-bond donors (Lipinski definition) is 1. The molecule has 0 bridgehead atoms. The molecule has 0 unspecified atom stereocenters. The Kier molecular flexibility index (Phi) is 3.35. The van der Waals surface area contributed by atoms with Gasteiger partial charge in [-0.1, -0.05) is 0 Å². The molecule has 1 N–H and O–H groups in total. The molecule has 0 aromatic carbocycles. The molecule has 1 aromatic heterocycles. The largest absolute Gasteiger partial charge is 0.496 e. The maximum Gasteiger partial charge on any atom is 0.128 e. The van der Waals surface area contributed by atoms with Crippen LogP contribution in [0.15, 0.2) is 6.20 Å². The average molecular weight is 236 g/mol. The first-order chi connectivity index (χ1) is 8.06. The second-order valence-electron chi connectivity index (χ2n) is 4.89. The Balaban J connectivity index is 2.10. The summed E-state index contributed by atoms with van der Waals surface area (Å²) in [4.78, 5) is 4.42. The van der Waals surface area contributed by atoms with Crippen molar-refractivity contribution in [3.05, 3.63) is 23.0 Å². The van der Waals surface area contributed by atoms with E-state index in [9.17, 15) is 0 Å². The summed E-state index contributed by atoms with van der Waals surface area (Å²) in [5, 5.41) is 3.21. The van der Waals surface area contributed by atoms with Crippen molar-refractivity contribution in [1.82, 2.24) is 10.3 Å². The van der Waals surface area contributed by atoms with Crippen molar-refractivity contribution in [3.8, 4) is 5.75 Å². The SMILES string of the molecule is COc1c(C)cnc(COC2(C)CNC2)c1C. The van der Waals surface area contributed by atoms with Crippen LogP contribution in [0.25, 0.3) is 0 Å². The number of pyridine rings is 1. The highest BCUT2D eigenvalue weighted by molar-refractivity contribution is 5.40. The van der Waals surface area contributed by atoms with Crippen LogP contribution in [0.4, 0.5) is 0 Å². The van der Waals surface area contributed by atoms with Gasteiger partial charge in [0.05, 0.1) is 25.0 Å². The van der Waals surface area contributed by atoms with E-state index in [-0.39, 0.29) is 5.60 Å². The first-order valence-electron chi connectivity index (χ1n) is 5.89. The third kappa shape index (κ3) is 2.42. The van der Waals surface area contributed by atoms with Crippen LogP contribution in [-0.2, 0) is 11.3 Å². The fourth-order valence-corrected chi connectivity index (χ4v) is 2.04. The van der Waals surface area contributed by atoms with Gasteiger partial charge in [0.15, 0.2) is 0 Å². The quantitative estimate of drug-likeness (QED) is 0.862. The van der Waals surface area contributed by atoms with Crippen LogP contribution < -0.4 is 10.1 Å². The lowest BCUT2D eigenvalue weighted by atomic mass is 10.00. The molecule has 2 heterocycles.